The Balaban J connectivity index is 1.36. The molecule has 1 amide bonds. The fraction of sp³-hybridized carbons (Fsp3) is 0.318. The molecular formula is C22H24N6OS2. The lowest BCUT2D eigenvalue weighted by Crippen LogP contribution is -2.28. The van der Waals surface area contributed by atoms with E-state index in [0.29, 0.717) is 23.9 Å². The summed E-state index contributed by atoms with van der Waals surface area (Å²) in [7, 11) is 0. The van der Waals surface area contributed by atoms with Crippen molar-refractivity contribution in [1.82, 2.24) is 29.9 Å². The van der Waals surface area contributed by atoms with Gasteiger partial charge in [-0.15, -0.1) is 16.4 Å². The highest BCUT2D eigenvalue weighted by molar-refractivity contribution is 7.98. The number of fused-ring (bicyclic) bond motifs is 1. The van der Waals surface area contributed by atoms with Gasteiger partial charge in [-0.05, 0) is 27.0 Å². The van der Waals surface area contributed by atoms with Crippen molar-refractivity contribution in [3.8, 4) is 10.6 Å². The summed E-state index contributed by atoms with van der Waals surface area (Å²) in [4.78, 5) is 26.1. The number of amides is 1. The first-order valence-corrected chi connectivity index (χ1v) is 12.1. The van der Waals surface area contributed by atoms with Crippen LogP contribution < -0.4 is 5.32 Å². The van der Waals surface area contributed by atoms with Gasteiger partial charge < -0.3 is 5.32 Å². The molecule has 0 aliphatic heterocycles. The molecule has 0 spiro atoms. The molecule has 0 aliphatic rings. The Morgan fingerprint density at radius 2 is 1.90 bits per heavy atom. The molecule has 31 heavy (non-hydrogen) atoms. The van der Waals surface area contributed by atoms with Crippen LogP contribution in [-0.4, -0.2) is 43.3 Å². The molecule has 7 nitrogen and oxygen atoms in total. The fourth-order valence-corrected chi connectivity index (χ4v) is 4.53. The maximum Gasteiger partial charge on any atom is 0.253 e. The molecule has 0 atom stereocenters. The molecule has 4 rings (SSSR count). The van der Waals surface area contributed by atoms with Crippen molar-refractivity contribution in [1.29, 1.82) is 0 Å². The number of rotatable bonds is 7. The minimum absolute atomic E-state index is 0.0356. The van der Waals surface area contributed by atoms with Crippen LogP contribution in [0.5, 0.6) is 0 Å². The van der Waals surface area contributed by atoms with Gasteiger partial charge in [0, 0.05) is 40.9 Å². The molecule has 0 bridgehead atoms. The van der Waals surface area contributed by atoms with Crippen molar-refractivity contribution in [2.75, 3.05) is 12.8 Å². The van der Waals surface area contributed by atoms with Gasteiger partial charge in [0.1, 0.15) is 5.01 Å². The van der Waals surface area contributed by atoms with Gasteiger partial charge in [0.2, 0.25) is 11.1 Å². The van der Waals surface area contributed by atoms with E-state index in [-0.39, 0.29) is 12.3 Å². The Morgan fingerprint density at radius 1 is 1.13 bits per heavy atom. The molecule has 0 saturated heterocycles. The topological polar surface area (TPSA) is 85.1 Å². The molecule has 9 heteroatoms. The zero-order valence-corrected chi connectivity index (χ0v) is 19.6. The summed E-state index contributed by atoms with van der Waals surface area (Å²) in [6.45, 7) is 6.48. The average Bonchev–Trinajstić information content (AvgIpc) is 3.39. The van der Waals surface area contributed by atoms with E-state index in [4.69, 9.17) is 4.98 Å². The molecule has 4 aromatic rings. The highest BCUT2D eigenvalue weighted by Crippen LogP contribution is 2.24. The molecule has 0 unspecified atom stereocenters. The van der Waals surface area contributed by atoms with Gasteiger partial charge >= 0.3 is 0 Å². The van der Waals surface area contributed by atoms with Crippen LogP contribution in [-0.2, 0) is 17.6 Å². The number of thiazole rings is 1. The third kappa shape index (κ3) is 4.77. The highest BCUT2D eigenvalue weighted by Gasteiger charge is 2.16. The quantitative estimate of drug-likeness (QED) is 0.430. The van der Waals surface area contributed by atoms with Crippen molar-refractivity contribution in [3.05, 3.63) is 57.9 Å². The van der Waals surface area contributed by atoms with E-state index in [2.05, 4.69) is 57.0 Å². The van der Waals surface area contributed by atoms with Crippen molar-refractivity contribution in [2.24, 2.45) is 0 Å². The Kier molecular flexibility index (Phi) is 6.33. The molecule has 1 N–H and O–H groups in total. The summed E-state index contributed by atoms with van der Waals surface area (Å²) in [5.74, 6) is 0.531. The van der Waals surface area contributed by atoms with Gasteiger partial charge in [0.05, 0.1) is 12.1 Å². The van der Waals surface area contributed by atoms with Crippen LogP contribution in [0, 0.1) is 20.8 Å². The van der Waals surface area contributed by atoms with Crippen molar-refractivity contribution < 1.29 is 4.79 Å². The molecule has 3 aromatic heterocycles. The average molecular weight is 453 g/mol. The first-order valence-electron chi connectivity index (χ1n) is 9.99. The lowest BCUT2D eigenvalue weighted by Gasteiger charge is -2.10. The van der Waals surface area contributed by atoms with Gasteiger partial charge in [-0.2, -0.15) is 4.98 Å². The second-order valence-electron chi connectivity index (χ2n) is 7.36. The second kappa shape index (κ2) is 9.15. The van der Waals surface area contributed by atoms with E-state index in [1.807, 2.05) is 20.1 Å². The first kappa shape index (κ1) is 21.5. The Morgan fingerprint density at radius 3 is 2.65 bits per heavy atom. The minimum Gasteiger partial charge on any atom is -0.355 e. The van der Waals surface area contributed by atoms with Gasteiger partial charge in [-0.1, -0.05) is 41.6 Å². The number of nitrogens with one attached hydrogen (secondary N) is 1. The van der Waals surface area contributed by atoms with Crippen LogP contribution in [0.1, 0.15) is 28.2 Å². The summed E-state index contributed by atoms with van der Waals surface area (Å²) in [6, 6.07) is 8.36. The van der Waals surface area contributed by atoms with Gasteiger partial charge in [0.15, 0.2) is 0 Å². The second-order valence-corrected chi connectivity index (χ2v) is 8.99. The third-order valence-corrected chi connectivity index (χ3v) is 6.58. The molecule has 0 radical (unpaired) electrons. The maximum atomic E-state index is 12.6. The zero-order valence-electron chi connectivity index (χ0n) is 18.0. The largest absolute Gasteiger partial charge is 0.355 e. The first-order chi connectivity index (χ1) is 14.9. The van der Waals surface area contributed by atoms with Crippen LogP contribution in [0.15, 0.2) is 34.8 Å². The lowest BCUT2D eigenvalue weighted by molar-refractivity contribution is -0.120. The Bertz CT molecular complexity index is 1230. The number of carbonyl (C=O) groups is 1. The number of aromatic nitrogens is 5. The minimum atomic E-state index is -0.0356. The number of nitrogens with zero attached hydrogens (tertiary/aromatic N) is 5. The van der Waals surface area contributed by atoms with Gasteiger partial charge in [-0.3, -0.25) is 4.79 Å². The standard InChI is InChI=1S/C22H24N6OS2/c1-13-5-7-16(8-6-13)20-25-17(12-31-20)9-10-23-19(29)11-18-14(2)24-21-26-22(30-4)27-28(21)15(18)3/h5-8,12H,9-11H2,1-4H3,(H,23,29). The lowest BCUT2D eigenvalue weighted by atomic mass is 10.1. The van der Waals surface area contributed by atoms with Crippen molar-refractivity contribution in [2.45, 2.75) is 38.8 Å². The maximum absolute atomic E-state index is 12.6. The van der Waals surface area contributed by atoms with E-state index in [1.165, 1.54) is 17.3 Å². The summed E-state index contributed by atoms with van der Waals surface area (Å²) < 4.78 is 1.71. The summed E-state index contributed by atoms with van der Waals surface area (Å²) in [5, 5.41) is 11.2. The summed E-state index contributed by atoms with van der Waals surface area (Å²) >= 11 is 3.10. The van der Waals surface area contributed by atoms with Gasteiger partial charge in [0.25, 0.3) is 5.78 Å². The predicted octanol–water partition coefficient (Wildman–Crippen LogP) is 3.80. The van der Waals surface area contributed by atoms with Crippen LogP contribution in [0.25, 0.3) is 16.3 Å². The number of carbonyl (C=O) groups excluding carboxylic acids is 1. The van der Waals surface area contributed by atoms with Gasteiger partial charge in [-0.25, -0.2) is 14.5 Å². The highest BCUT2D eigenvalue weighted by atomic mass is 32.2. The fourth-order valence-electron chi connectivity index (χ4n) is 3.34. The number of benzene rings is 1. The van der Waals surface area contributed by atoms with E-state index in [9.17, 15) is 4.79 Å². The van der Waals surface area contributed by atoms with E-state index in [0.717, 1.165) is 33.2 Å². The summed E-state index contributed by atoms with van der Waals surface area (Å²) in [5.41, 5.74) is 5.94. The number of hydrogen-bond donors (Lipinski definition) is 1. The number of aryl methyl sites for hydroxylation is 3. The molecule has 1 aromatic carbocycles. The summed E-state index contributed by atoms with van der Waals surface area (Å²) in [6.07, 6.45) is 2.89. The van der Waals surface area contributed by atoms with E-state index < -0.39 is 0 Å². The molecule has 3 heterocycles. The Labute approximate surface area is 189 Å². The Hall–Kier alpha value is -2.78. The van der Waals surface area contributed by atoms with Crippen molar-refractivity contribution >= 4 is 34.8 Å². The van der Waals surface area contributed by atoms with Crippen molar-refractivity contribution in [3.63, 3.8) is 0 Å². The van der Waals surface area contributed by atoms with Crippen LogP contribution in [0.3, 0.4) is 0 Å². The predicted molar refractivity (Wildman–Crippen MR) is 125 cm³/mol. The molecular weight excluding hydrogens is 428 g/mol. The number of hydrogen-bond acceptors (Lipinski definition) is 7. The van der Waals surface area contributed by atoms with Crippen LogP contribution in [0.4, 0.5) is 0 Å². The van der Waals surface area contributed by atoms with E-state index >= 15 is 0 Å². The van der Waals surface area contributed by atoms with Crippen LogP contribution >= 0.6 is 23.1 Å². The smallest absolute Gasteiger partial charge is 0.253 e. The molecule has 160 valence electrons. The molecule has 0 saturated carbocycles. The number of thioether (sulfide) groups is 1. The SMILES string of the molecule is CSc1nc2nc(C)c(CC(=O)NCCc3csc(-c4ccc(C)cc4)n3)c(C)n2n1. The molecule has 0 aliphatic carbocycles. The third-order valence-electron chi connectivity index (χ3n) is 5.10. The zero-order chi connectivity index (χ0) is 22.0. The van der Waals surface area contributed by atoms with E-state index in [1.54, 1.807) is 15.9 Å². The monoisotopic (exact) mass is 452 g/mol. The van der Waals surface area contributed by atoms with Crippen LogP contribution in [0.2, 0.25) is 0 Å². The normalized spacial score (nSPS) is 11.2. The molecule has 0 fully saturated rings.